The smallest absolute Gasteiger partial charge is 0.408 e. The fourth-order valence-electron chi connectivity index (χ4n) is 2.93. The Morgan fingerprint density at radius 1 is 0.867 bits per heavy atom. The molecule has 160 valence electrons. The van der Waals surface area contributed by atoms with Crippen LogP contribution in [-0.4, -0.2) is 35.2 Å². The highest BCUT2D eigenvalue weighted by molar-refractivity contribution is 5.89. The van der Waals surface area contributed by atoms with E-state index in [9.17, 15) is 19.5 Å². The molecule has 0 saturated heterocycles. The Bertz CT molecular complexity index is 824. The van der Waals surface area contributed by atoms with E-state index in [1.54, 1.807) is 0 Å². The first kappa shape index (κ1) is 22.9. The van der Waals surface area contributed by atoms with Crippen LogP contribution in [-0.2, 0) is 27.4 Å². The summed E-state index contributed by atoms with van der Waals surface area (Å²) in [5.41, 5.74) is 1.65. The van der Waals surface area contributed by atoms with Gasteiger partial charge in [0.15, 0.2) is 0 Å². The second-order valence-electron chi connectivity index (χ2n) is 7.48. The maximum atomic E-state index is 12.8. The summed E-state index contributed by atoms with van der Waals surface area (Å²) in [6, 6.07) is 16.4. The van der Waals surface area contributed by atoms with Crippen LogP contribution in [0.1, 0.15) is 31.4 Å². The van der Waals surface area contributed by atoms with Crippen molar-refractivity contribution in [2.75, 3.05) is 0 Å². The molecule has 0 saturated carbocycles. The fourth-order valence-corrected chi connectivity index (χ4v) is 2.93. The Morgan fingerprint density at radius 3 is 1.97 bits per heavy atom. The first-order valence-electron chi connectivity index (χ1n) is 9.89. The van der Waals surface area contributed by atoms with E-state index >= 15 is 0 Å². The van der Waals surface area contributed by atoms with E-state index in [-0.39, 0.29) is 25.4 Å². The number of hydrogen-bond acceptors (Lipinski definition) is 4. The van der Waals surface area contributed by atoms with Crippen LogP contribution in [0.15, 0.2) is 60.7 Å². The van der Waals surface area contributed by atoms with Gasteiger partial charge in [-0.15, -0.1) is 0 Å². The fraction of sp³-hybridized carbons (Fsp3) is 0.348. The molecule has 2 aromatic rings. The number of amides is 2. The third kappa shape index (κ3) is 7.95. The van der Waals surface area contributed by atoms with E-state index in [1.165, 1.54) is 0 Å². The Labute approximate surface area is 176 Å². The van der Waals surface area contributed by atoms with Crippen LogP contribution in [0.3, 0.4) is 0 Å². The van der Waals surface area contributed by atoms with Crippen molar-refractivity contribution in [1.29, 1.82) is 0 Å². The number of alkyl carbamates (subject to hydrolysis) is 1. The molecule has 7 heteroatoms. The highest BCUT2D eigenvalue weighted by Crippen LogP contribution is 2.08. The minimum atomic E-state index is -1.11. The summed E-state index contributed by atoms with van der Waals surface area (Å²) in [7, 11) is 0. The Hall–Kier alpha value is -3.35. The highest BCUT2D eigenvalue weighted by atomic mass is 16.5. The SMILES string of the molecule is CC(C)C[C@@H](NC(=O)[C@@H](Cc1ccccc1)NC(=O)OCc1ccccc1)C(=O)O. The average molecular weight is 412 g/mol. The van der Waals surface area contributed by atoms with Crippen molar-refractivity contribution < 1.29 is 24.2 Å². The predicted octanol–water partition coefficient (Wildman–Crippen LogP) is 3.14. The maximum absolute atomic E-state index is 12.8. The molecule has 0 spiro atoms. The van der Waals surface area contributed by atoms with E-state index in [0.717, 1.165) is 11.1 Å². The second kappa shape index (κ2) is 11.6. The minimum Gasteiger partial charge on any atom is -0.480 e. The quantitative estimate of drug-likeness (QED) is 0.556. The normalized spacial score (nSPS) is 12.6. The first-order chi connectivity index (χ1) is 14.3. The van der Waals surface area contributed by atoms with E-state index in [2.05, 4.69) is 10.6 Å². The van der Waals surface area contributed by atoms with Crippen LogP contribution in [0.5, 0.6) is 0 Å². The molecule has 0 bridgehead atoms. The number of rotatable bonds is 10. The van der Waals surface area contributed by atoms with Gasteiger partial charge in [0, 0.05) is 6.42 Å². The second-order valence-corrected chi connectivity index (χ2v) is 7.48. The van der Waals surface area contributed by atoms with Crippen molar-refractivity contribution in [3.05, 3.63) is 71.8 Å². The maximum Gasteiger partial charge on any atom is 0.408 e. The monoisotopic (exact) mass is 412 g/mol. The van der Waals surface area contributed by atoms with Crippen molar-refractivity contribution in [1.82, 2.24) is 10.6 Å². The van der Waals surface area contributed by atoms with Gasteiger partial charge in [-0.25, -0.2) is 9.59 Å². The first-order valence-corrected chi connectivity index (χ1v) is 9.89. The number of carbonyl (C=O) groups is 3. The third-order valence-electron chi connectivity index (χ3n) is 4.43. The average Bonchev–Trinajstić information content (AvgIpc) is 2.72. The van der Waals surface area contributed by atoms with Crippen molar-refractivity contribution in [3.8, 4) is 0 Å². The van der Waals surface area contributed by atoms with Crippen molar-refractivity contribution in [2.45, 2.75) is 45.4 Å². The van der Waals surface area contributed by atoms with E-state index in [4.69, 9.17) is 4.74 Å². The third-order valence-corrected chi connectivity index (χ3v) is 4.43. The highest BCUT2D eigenvalue weighted by Gasteiger charge is 2.27. The van der Waals surface area contributed by atoms with Gasteiger partial charge in [0.1, 0.15) is 18.7 Å². The molecule has 7 nitrogen and oxygen atoms in total. The van der Waals surface area contributed by atoms with Crippen LogP contribution in [0.25, 0.3) is 0 Å². The molecule has 0 fully saturated rings. The molecule has 30 heavy (non-hydrogen) atoms. The Kier molecular flexibility index (Phi) is 8.87. The van der Waals surface area contributed by atoms with Gasteiger partial charge >= 0.3 is 12.1 Å². The Balaban J connectivity index is 2.06. The number of nitrogens with one attached hydrogen (secondary N) is 2. The van der Waals surface area contributed by atoms with Gasteiger partial charge in [-0.3, -0.25) is 4.79 Å². The zero-order chi connectivity index (χ0) is 21.9. The summed E-state index contributed by atoms with van der Waals surface area (Å²) in [6.07, 6.45) is -0.246. The lowest BCUT2D eigenvalue weighted by Gasteiger charge is -2.22. The van der Waals surface area contributed by atoms with Crippen molar-refractivity contribution in [3.63, 3.8) is 0 Å². The number of carboxylic acid groups (broad SMARTS) is 1. The summed E-state index contributed by atoms with van der Waals surface area (Å²) in [6.45, 7) is 3.82. The van der Waals surface area contributed by atoms with Crippen LogP contribution in [0.4, 0.5) is 4.79 Å². The molecule has 0 radical (unpaired) electrons. The zero-order valence-corrected chi connectivity index (χ0v) is 17.2. The standard InChI is InChI=1S/C23H28N2O5/c1-16(2)13-20(22(27)28)24-21(26)19(14-17-9-5-3-6-10-17)25-23(29)30-15-18-11-7-4-8-12-18/h3-12,16,19-20H,13-15H2,1-2H3,(H,24,26)(H,25,29)(H,27,28)/t19-,20-/m1/s1. The van der Waals surface area contributed by atoms with Gasteiger partial charge in [0.25, 0.3) is 0 Å². The molecule has 2 aromatic carbocycles. The number of benzene rings is 2. The van der Waals surface area contributed by atoms with Crippen LogP contribution in [0, 0.1) is 5.92 Å². The zero-order valence-electron chi connectivity index (χ0n) is 17.2. The Morgan fingerprint density at radius 2 is 1.43 bits per heavy atom. The van der Waals surface area contributed by atoms with Gasteiger partial charge in [-0.1, -0.05) is 74.5 Å². The molecule has 0 unspecified atom stereocenters. The molecular formula is C23H28N2O5. The molecular weight excluding hydrogens is 384 g/mol. The summed E-state index contributed by atoms with van der Waals surface area (Å²) in [5.74, 6) is -1.59. The van der Waals surface area contributed by atoms with Gasteiger partial charge in [-0.05, 0) is 23.5 Å². The van der Waals surface area contributed by atoms with Gasteiger partial charge in [0.05, 0.1) is 0 Å². The van der Waals surface area contributed by atoms with Crippen molar-refractivity contribution >= 4 is 18.0 Å². The predicted molar refractivity (Wildman–Crippen MR) is 113 cm³/mol. The number of hydrogen-bond donors (Lipinski definition) is 3. The van der Waals surface area contributed by atoms with Crippen LogP contribution < -0.4 is 10.6 Å². The summed E-state index contributed by atoms with van der Waals surface area (Å²) in [5, 5.41) is 14.5. The molecule has 0 aliphatic carbocycles. The number of ether oxygens (including phenoxy) is 1. The topological polar surface area (TPSA) is 105 Å². The van der Waals surface area contributed by atoms with Crippen LogP contribution in [0.2, 0.25) is 0 Å². The molecule has 2 rings (SSSR count). The van der Waals surface area contributed by atoms with Gasteiger partial charge in [0.2, 0.25) is 5.91 Å². The molecule has 3 N–H and O–H groups in total. The summed E-state index contributed by atoms with van der Waals surface area (Å²) < 4.78 is 5.22. The van der Waals surface area contributed by atoms with Gasteiger partial charge in [-0.2, -0.15) is 0 Å². The lowest BCUT2D eigenvalue weighted by atomic mass is 10.0. The number of carboxylic acids is 1. The van der Waals surface area contributed by atoms with E-state index in [0.29, 0.717) is 0 Å². The lowest BCUT2D eigenvalue weighted by molar-refractivity contribution is -0.142. The molecule has 2 amide bonds. The number of aliphatic carboxylic acids is 1. The molecule has 2 atom stereocenters. The largest absolute Gasteiger partial charge is 0.480 e. The van der Waals surface area contributed by atoms with Crippen LogP contribution >= 0.6 is 0 Å². The lowest BCUT2D eigenvalue weighted by Crippen LogP contribution is -2.52. The minimum absolute atomic E-state index is 0.0669. The molecule has 0 heterocycles. The summed E-state index contributed by atoms with van der Waals surface area (Å²) >= 11 is 0. The molecule has 0 aromatic heterocycles. The van der Waals surface area contributed by atoms with Gasteiger partial charge < -0.3 is 20.5 Å². The van der Waals surface area contributed by atoms with Crippen molar-refractivity contribution in [2.24, 2.45) is 5.92 Å². The van der Waals surface area contributed by atoms with E-state index in [1.807, 2.05) is 74.5 Å². The number of carbonyl (C=O) groups excluding carboxylic acids is 2. The molecule has 0 aliphatic heterocycles. The summed E-state index contributed by atoms with van der Waals surface area (Å²) in [4.78, 5) is 36.6. The molecule has 0 aliphatic rings. The van der Waals surface area contributed by atoms with E-state index < -0.39 is 30.1 Å².